The molecule has 62 heavy (non-hydrogen) atoms. The molecule has 0 aliphatic heterocycles. The molecule has 0 spiro atoms. The molecule has 0 aliphatic carbocycles. The molecule has 4 N–H and O–H groups in total. The van der Waals surface area contributed by atoms with Gasteiger partial charge in [-0.1, -0.05) is 52.4 Å². The van der Waals surface area contributed by atoms with Crippen LogP contribution in [0.4, 0.5) is 11.4 Å². The second-order valence-corrected chi connectivity index (χ2v) is 13.4. The summed E-state index contributed by atoms with van der Waals surface area (Å²) in [7, 11) is 6.24. The number of hydrogen-bond donors (Lipinski definition) is 3. The molecule has 0 radical (unpaired) electrons. The standard InChI is InChI=1S/C24H31NO6.C22H27NO6.Li.H2O/c1-5-7-8-9-20(24(27)30-6-2)23(26)25-21-15-14-19(29-4)16-22(21)31-18-12-10-17(28-3)11-13-18;1-4-5-6-7-18(22(25)26)21(24)23-19-13-12-17(28-3)14-20(19)29-16-10-8-15(27-2)9-11-16;;/h10-16,20H,5-9H2,1-4H3,(H,25,26);8-14,18H,4-7H2,1-3H3,(H,23,24)(H,25,26);;1H2/q;;+1;/p-1. The summed E-state index contributed by atoms with van der Waals surface area (Å²) in [5.74, 6) is -0.264. The van der Waals surface area contributed by atoms with Gasteiger partial charge < -0.3 is 54.4 Å². The van der Waals surface area contributed by atoms with Crippen LogP contribution in [0.15, 0.2) is 84.9 Å². The van der Waals surface area contributed by atoms with Crippen LogP contribution in [-0.4, -0.2) is 69.4 Å². The first-order chi connectivity index (χ1) is 29.0. The van der Waals surface area contributed by atoms with Crippen molar-refractivity contribution >= 4 is 35.1 Å². The second kappa shape index (κ2) is 29.4. The Labute approximate surface area is 376 Å². The minimum Gasteiger partial charge on any atom is -0.870 e. The van der Waals surface area contributed by atoms with Crippen molar-refractivity contribution < 1.29 is 81.8 Å². The summed E-state index contributed by atoms with van der Waals surface area (Å²) in [5.41, 5.74) is 0.805. The van der Waals surface area contributed by atoms with Gasteiger partial charge in [-0.15, -0.1) is 0 Å². The Morgan fingerprint density at radius 1 is 0.532 bits per heavy atom. The van der Waals surface area contributed by atoms with Crippen molar-refractivity contribution in [1.29, 1.82) is 0 Å². The van der Waals surface area contributed by atoms with Gasteiger partial charge in [0.2, 0.25) is 11.8 Å². The van der Waals surface area contributed by atoms with Gasteiger partial charge in [-0.05, 0) is 92.6 Å². The number of amides is 2. The van der Waals surface area contributed by atoms with Gasteiger partial charge in [0.05, 0.1) is 46.4 Å². The first-order valence-electron chi connectivity index (χ1n) is 20.0. The first-order valence-corrected chi connectivity index (χ1v) is 20.0. The van der Waals surface area contributed by atoms with E-state index in [1.807, 2.05) is 6.92 Å². The SMILES string of the molecule is CCCCCC(C(=O)Nc1ccc(OC)cc1Oc1ccc(OC)cc1)C(=O)OCC.CCCCCC(C(=O)O)C(=O)Nc1ccc(OC)cc1Oc1ccc(OC)cc1.[Li+].[OH-]. The van der Waals surface area contributed by atoms with Gasteiger partial charge in [-0.3, -0.25) is 19.2 Å². The largest absolute Gasteiger partial charge is 1.00 e. The number of methoxy groups -OCH3 is 4. The minimum atomic E-state index is -1.13. The van der Waals surface area contributed by atoms with Crippen molar-refractivity contribution in [2.45, 2.75) is 72.1 Å². The zero-order valence-electron chi connectivity index (χ0n) is 37.0. The number of carbonyl (C=O) groups is 4. The molecule has 0 bridgehead atoms. The molecular formula is C46H59LiN2O13. The summed E-state index contributed by atoms with van der Waals surface area (Å²) >= 11 is 0. The van der Waals surface area contributed by atoms with E-state index in [4.69, 9.17) is 33.2 Å². The molecule has 2 unspecified atom stereocenters. The smallest absolute Gasteiger partial charge is 0.870 e. The number of nitrogens with one attached hydrogen (secondary N) is 2. The van der Waals surface area contributed by atoms with E-state index in [1.165, 1.54) is 7.11 Å². The van der Waals surface area contributed by atoms with E-state index in [2.05, 4.69) is 17.6 Å². The third-order valence-corrected chi connectivity index (χ3v) is 9.16. The molecular weight excluding hydrogens is 795 g/mol. The molecule has 0 fully saturated rings. The molecule has 0 aliphatic rings. The van der Waals surface area contributed by atoms with Crippen LogP contribution in [0.5, 0.6) is 46.0 Å². The van der Waals surface area contributed by atoms with Gasteiger partial charge in [0.25, 0.3) is 0 Å². The van der Waals surface area contributed by atoms with Crippen LogP contribution in [0.2, 0.25) is 0 Å². The molecule has 4 aromatic rings. The number of unbranched alkanes of at least 4 members (excludes halogenated alkanes) is 4. The summed E-state index contributed by atoms with van der Waals surface area (Å²) in [6.07, 6.45) is 5.94. The van der Waals surface area contributed by atoms with E-state index in [1.54, 1.807) is 113 Å². The fourth-order valence-corrected chi connectivity index (χ4v) is 5.78. The van der Waals surface area contributed by atoms with E-state index in [-0.39, 0.29) is 30.9 Å². The van der Waals surface area contributed by atoms with Crippen molar-refractivity contribution in [1.82, 2.24) is 0 Å². The monoisotopic (exact) mass is 854 g/mol. The second-order valence-electron chi connectivity index (χ2n) is 13.4. The van der Waals surface area contributed by atoms with Crippen LogP contribution in [-0.2, 0) is 23.9 Å². The van der Waals surface area contributed by atoms with Gasteiger partial charge in [0.1, 0.15) is 46.3 Å². The van der Waals surface area contributed by atoms with E-state index in [0.717, 1.165) is 32.1 Å². The number of hydrogen-bond acceptors (Lipinski definition) is 12. The number of carboxylic acids is 1. The Hall–Kier alpha value is -5.88. The van der Waals surface area contributed by atoms with Gasteiger partial charge in [-0.2, -0.15) is 0 Å². The summed E-state index contributed by atoms with van der Waals surface area (Å²) < 4.78 is 37.8. The zero-order chi connectivity index (χ0) is 43.9. The Balaban J connectivity index is 0.000000602. The number of carboxylic acid groups (broad SMARTS) is 1. The van der Waals surface area contributed by atoms with Crippen molar-refractivity contribution in [3.05, 3.63) is 84.9 Å². The van der Waals surface area contributed by atoms with Crippen molar-refractivity contribution in [2.24, 2.45) is 11.8 Å². The fourth-order valence-electron chi connectivity index (χ4n) is 5.78. The fraction of sp³-hybridized carbons (Fsp3) is 0.391. The molecule has 15 nitrogen and oxygen atoms in total. The molecule has 2 amide bonds. The summed E-state index contributed by atoms with van der Waals surface area (Å²) in [6.45, 7) is 6.05. The topological polar surface area (TPSA) is 207 Å². The zero-order valence-corrected chi connectivity index (χ0v) is 37.0. The molecule has 0 saturated heterocycles. The normalized spacial score (nSPS) is 11.0. The number of carbonyl (C=O) groups excluding carboxylic acids is 3. The number of anilines is 2. The Morgan fingerprint density at radius 2 is 0.887 bits per heavy atom. The van der Waals surface area contributed by atoms with E-state index in [0.29, 0.717) is 76.6 Å². The maximum atomic E-state index is 13.0. The number of aliphatic carboxylic acids is 1. The molecule has 4 rings (SSSR count). The first kappa shape index (κ1) is 54.1. The van der Waals surface area contributed by atoms with Crippen molar-refractivity contribution in [3.63, 3.8) is 0 Å². The van der Waals surface area contributed by atoms with E-state index < -0.39 is 35.6 Å². The van der Waals surface area contributed by atoms with Crippen molar-refractivity contribution in [2.75, 3.05) is 45.7 Å². The molecule has 0 aromatic heterocycles. The van der Waals surface area contributed by atoms with Crippen LogP contribution < -0.4 is 57.9 Å². The van der Waals surface area contributed by atoms with Gasteiger partial charge >= 0.3 is 30.8 Å². The van der Waals surface area contributed by atoms with Crippen LogP contribution in [0.25, 0.3) is 0 Å². The number of rotatable bonds is 23. The van der Waals surface area contributed by atoms with Crippen LogP contribution in [0.3, 0.4) is 0 Å². The molecule has 0 saturated carbocycles. The predicted molar refractivity (Wildman–Crippen MR) is 231 cm³/mol. The van der Waals surface area contributed by atoms with E-state index in [9.17, 15) is 24.3 Å². The van der Waals surface area contributed by atoms with E-state index >= 15 is 0 Å². The summed E-state index contributed by atoms with van der Waals surface area (Å²) in [4.78, 5) is 49.4. The molecule has 4 aromatic carbocycles. The van der Waals surface area contributed by atoms with Gasteiger partial charge in [-0.25, -0.2) is 0 Å². The number of ether oxygens (including phenoxy) is 7. The van der Waals surface area contributed by atoms with Crippen LogP contribution in [0, 0.1) is 11.8 Å². The van der Waals surface area contributed by atoms with Crippen LogP contribution >= 0.6 is 0 Å². The summed E-state index contributed by atoms with van der Waals surface area (Å²) in [6, 6.07) is 24.0. The minimum absolute atomic E-state index is 0. The molecule has 332 valence electrons. The molecule has 2 atom stereocenters. The molecule has 0 heterocycles. The quantitative estimate of drug-likeness (QED) is 0.0306. The Morgan fingerprint density at radius 3 is 1.24 bits per heavy atom. The Kier molecular flexibility index (Phi) is 25.7. The third-order valence-electron chi connectivity index (χ3n) is 9.16. The maximum absolute atomic E-state index is 13.0. The van der Waals surface area contributed by atoms with Crippen molar-refractivity contribution in [3.8, 4) is 46.0 Å². The van der Waals surface area contributed by atoms with Gasteiger partial charge in [0, 0.05) is 12.1 Å². The predicted octanol–water partition coefficient (Wildman–Crippen LogP) is 6.74. The van der Waals surface area contributed by atoms with Gasteiger partial charge in [0.15, 0.2) is 11.5 Å². The number of esters is 1. The maximum Gasteiger partial charge on any atom is 1.00 e. The number of benzene rings is 4. The average molecular weight is 855 g/mol. The Bertz CT molecular complexity index is 1960. The summed E-state index contributed by atoms with van der Waals surface area (Å²) in [5, 5.41) is 14.9. The van der Waals surface area contributed by atoms with Crippen LogP contribution in [0.1, 0.15) is 72.1 Å². The molecule has 16 heteroatoms. The third kappa shape index (κ3) is 17.6. The average Bonchev–Trinajstić information content (AvgIpc) is 3.25.